The number of benzene rings is 1. The summed E-state index contributed by atoms with van der Waals surface area (Å²) in [6.07, 6.45) is 1.07. The van der Waals surface area contributed by atoms with Crippen LogP contribution in [0.2, 0.25) is 4.34 Å². The summed E-state index contributed by atoms with van der Waals surface area (Å²) in [7, 11) is 0. The SMILES string of the molecule is CC1(c2cccc(CNS(=O)O)c2)C2CN(CCc3csc(Cl)c3)CC21. The Bertz CT molecular complexity index is 813. The van der Waals surface area contributed by atoms with E-state index in [1.165, 1.54) is 11.1 Å². The summed E-state index contributed by atoms with van der Waals surface area (Å²) < 4.78 is 23.1. The number of nitrogens with zero attached hydrogens (tertiary/aromatic N) is 1. The summed E-state index contributed by atoms with van der Waals surface area (Å²) in [5.74, 6) is 1.42. The molecule has 4 nitrogen and oxygen atoms in total. The second-order valence-corrected chi connectivity index (χ2v) is 9.86. The first-order chi connectivity index (χ1) is 12.5. The van der Waals surface area contributed by atoms with E-state index in [9.17, 15) is 4.21 Å². The topological polar surface area (TPSA) is 52.6 Å². The molecule has 0 spiro atoms. The van der Waals surface area contributed by atoms with E-state index in [0.29, 0.717) is 18.4 Å². The number of piperidine rings is 1. The molecule has 4 rings (SSSR count). The van der Waals surface area contributed by atoms with E-state index in [1.807, 2.05) is 6.07 Å². The van der Waals surface area contributed by atoms with Crippen molar-refractivity contribution in [1.82, 2.24) is 9.62 Å². The Morgan fingerprint density at radius 1 is 1.35 bits per heavy atom. The van der Waals surface area contributed by atoms with Crippen LogP contribution in [0.15, 0.2) is 35.7 Å². The molecule has 0 bridgehead atoms. The van der Waals surface area contributed by atoms with Gasteiger partial charge in [-0.1, -0.05) is 42.8 Å². The van der Waals surface area contributed by atoms with Crippen LogP contribution >= 0.6 is 22.9 Å². The highest BCUT2D eigenvalue weighted by molar-refractivity contribution is 7.77. The van der Waals surface area contributed by atoms with Crippen LogP contribution in [0.3, 0.4) is 0 Å². The summed E-state index contributed by atoms with van der Waals surface area (Å²) in [5, 5.41) is 2.15. The monoisotopic (exact) mass is 410 g/mol. The fraction of sp³-hybridized carbons (Fsp3) is 0.474. The first-order valence-electron chi connectivity index (χ1n) is 8.86. The van der Waals surface area contributed by atoms with E-state index in [2.05, 4.69) is 46.2 Å². The number of hydrogen-bond donors (Lipinski definition) is 2. The van der Waals surface area contributed by atoms with Gasteiger partial charge in [0.15, 0.2) is 0 Å². The van der Waals surface area contributed by atoms with Crippen molar-refractivity contribution in [3.8, 4) is 0 Å². The Morgan fingerprint density at radius 2 is 2.12 bits per heavy atom. The van der Waals surface area contributed by atoms with Crippen molar-refractivity contribution in [2.45, 2.75) is 25.3 Å². The summed E-state index contributed by atoms with van der Waals surface area (Å²) in [4.78, 5) is 2.57. The molecule has 2 aromatic rings. The molecule has 1 aliphatic heterocycles. The molecular weight excluding hydrogens is 388 g/mol. The van der Waals surface area contributed by atoms with Gasteiger partial charge in [-0.15, -0.1) is 11.3 Å². The van der Waals surface area contributed by atoms with Crippen LogP contribution in [0.1, 0.15) is 23.6 Å². The minimum Gasteiger partial charge on any atom is -0.302 e. The van der Waals surface area contributed by atoms with Crippen molar-refractivity contribution in [1.29, 1.82) is 0 Å². The number of halogens is 1. The molecule has 0 amide bonds. The first-order valence-corrected chi connectivity index (χ1v) is 11.2. The van der Waals surface area contributed by atoms with E-state index in [4.69, 9.17) is 16.2 Å². The lowest BCUT2D eigenvalue weighted by Crippen LogP contribution is -2.30. The molecule has 7 heteroatoms. The van der Waals surface area contributed by atoms with Gasteiger partial charge in [-0.25, -0.2) is 8.93 Å². The quantitative estimate of drug-likeness (QED) is 0.684. The highest BCUT2D eigenvalue weighted by Crippen LogP contribution is 2.63. The minimum absolute atomic E-state index is 0.247. The average molecular weight is 411 g/mol. The van der Waals surface area contributed by atoms with Gasteiger partial charge in [-0.3, -0.25) is 4.55 Å². The molecule has 2 heterocycles. The van der Waals surface area contributed by atoms with Crippen molar-refractivity contribution in [3.63, 3.8) is 0 Å². The van der Waals surface area contributed by atoms with Crippen LogP contribution in [0.4, 0.5) is 0 Å². The fourth-order valence-electron chi connectivity index (χ4n) is 4.50. The van der Waals surface area contributed by atoms with E-state index in [1.54, 1.807) is 11.3 Å². The number of rotatable bonds is 7. The molecule has 26 heavy (non-hydrogen) atoms. The van der Waals surface area contributed by atoms with E-state index in [-0.39, 0.29) is 5.41 Å². The van der Waals surface area contributed by atoms with Gasteiger partial charge in [-0.05, 0) is 46.4 Å². The number of likely N-dealkylation sites (tertiary alicyclic amines) is 1. The standard InChI is InChI=1S/C19H23ClN2O2S2/c1-19(15-4-2-3-13(7-15)9-21-26(23)24)16-10-22(11-17(16)19)6-5-14-8-18(20)25-12-14/h2-4,7-8,12,16-17,21H,5-6,9-11H2,1H3,(H,23,24). The number of fused-ring (bicyclic) bond motifs is 1. The third-order valence-corrected chi connectivity index (χ3v) is 7.65. The van der Waals surface area contributed by atoms with E-state index < -0.39 is 11.3 Å². The van der Waals surface area contributed by atoms with Gasteiger partial charge in [0.05, 0.1) is 4.34 Å². The smallest absolute Gasteiger partial charge is 0.232 e. The zero-order valence-electron chi connectivity index (χ0n) is 14.7. The van der Waals surface area contributed by atoms with E-state index in [0.717, 1.165) is 36.0 Å². The highest BCUT2D eigenvalue weighted by atomic mass is 35.5. The molecule has 1 saturated carbocycles. The maximum atomic E-state index is 10.8. The van der Waals surface area contributed by atoms with Crippen LogP contribution in [-0.4, -0.2) is 33.3 Å². The summed E-state index contributed by atoms with van der Waals surface area (Å²) in [6, 6.07) is 10.5. The second-order valence-electron chi connectivity index (χ2n) is 7.53. The molecule has 2 fully saturated rings. The number of hydrogen-bond acceptors (Lipinski definition) is 3. The molecular formula is C19H23ClN2O2S2. The average Bonchev–Trinajstić information content (AvgIpc) is 3.02. The van der Waals surface area contributed by atoms with Gasteiger partial charge in [0, 0.05) is 31.6 Å². The largest absolute Gasteiger partial charge is 0.302 e. The molecule has 1 saturated heterocycles. The van der Waals surface area contributed by atoms with Crippen molar-refractivity contribution in [2.75, 3.05) is 19.6 Å². The Hall–Kier alpha value is -0.760. The molecule has 3 unspecified atom stereocenters. The normalized spacial score (nSPS) is 28.9. The predicted octanol–water partition coefficient (Wildman–Crippen LogP) is 3.69. The molecule has 0 radical (unpaired) electrons. The maximum absolute atomic E-state index is 10.8. The predicted molar refractivity (Wildman–Crippen MR) is 108 cm³/mol. The van der Waals surface area contributed by atoms with Crippen LogP contribution in [-0.2, 0) is 29.6 Å². The van der Waals surface area contributed by atoms with Crippen LogP contribution < -0.4 is 4.72 Å². The maximum Gasteiger partial charge on any atom is 0.232 e. The van der Waals surface area contributed by atoms with E-state index >= 15 is 0 Å². The molecule has 1 aromatic heterocycles. The van der Waals surface area contributed by atoms with Gasteiger partial charge in [0.25, 0.3) is 0 Å². The summed E-state index contributed by atoms with van der Waals surface area (Å²) in [6.45, 7) is 6.19. The third-order valence-electron chi connectivity index (χ3n) is 6.11. The van der Waals surface area contributed by atoms with Crippen LogP contribution in [0.25, 0.3) is 0 Å². The number of nitrogens with one attached hydrogen (secondary N) is 1. The van der Waals surface area contributed by atoms with Gasteiger partial charge in [0.2, 0.25) is 11.3 Å². The third kappa shape index (κ3) is 3.63. The molecule has 1 aromatic carbocycles. The van der Waals surface area contributed by atoms with Crippen LogP contribution in [0.5, 0.6) is 0 Å². The zero-order chi connectivity index (χ0) is 18.3. The lowest BCUT2D eigenvalue weighted by molar-refractivity contribution is 0.281. The number of thiophene rings is 1. The summed E-state index contributed by atoms with van der Waals surface area (Å²) >= 11 is 5.65. The Kier molecular flexibility index (Phi) is 5.25. The zero-order valence-corrected chi connectivity index (χ0v) is 17.0. The fourth-order valence-corrected chi connectivity index (χ4v) is 5.73. The second kappa shape index (κ2) is 7.34. The van der Waals surface area contributed by atoms with Crippen molar-refractivity contribution < 1.29 is 8.76 Å². The van der Waals surface area contributed by atoms with Gasteiger partial charge in [-0.2, -0.15) is 0 Å². The van der Waals surface area contributed by atoms with Crippen LogP contribution in [0, 0.1) is 11.8 Å². The summed E-state index contributed by atoms with van der Waals surface area (Å²) in [5.41, 5.74) is 4.00. The minimum atomic E-state index is -1.97. The lowest BCUT2D eigenvalue weighted by Gasteiger charge is -2.24. The Labute approximate surface area is 166 Å². The van der Waals surface area contributed by atoms with Gasteiger partial charge < -0.3 is 4.90 Å². The molecule has 1 aliphatic carbocycles. The highest BCUT2D eigenvalue weighted by Gasteiger charge is 2.65. The van der Waals surface area contributed by atoms with Crippen molar-refractivity contribution >= 4 is 34.2 Å². The van der Waals surface area contributed by atoms with Gasteiger partial charge >= 0.3 is 0 Å². The molecule has 2 N–H and O–H groups in total. The van der Waals surface area contributed by atoms with Crippen molar-refractivity contribution in [3.05, 3.63) is 56.7 Å². The Morgan fingerprint density at radius 3 is 2.77 bits per heavy atom. The molecule has 2 aliphatic rings. The lowest BCUT2D eigenvalue weighted by atomic mass is 9.91. The Balaban J connectivity index is 1.35. The first kappa shape index (κ1) is 18.6. The molecule has 140 valence electrons. The molecule has 3 atom stereocenters. The van der Waals surface area contributed by atoms with Gasteiger partial charge in [0.1, 0.15) is 0 Å². The van der Waals surface area contributed by atoms with Crippen molar-refractivity contribution in [2.24, 2.45) is 11.8 Å².